The highest BCUT2D eigenvalue weighted by atomic mass is 35.5. The van der Waals surface area contributed by atoms with Gasteiger partial charge < -0.3 is 11.1 Å². The fourth-order valence-electron chi connectivity index (χ4n) is 2.67. The molecule has 0 saturated heterocycles. The molecule has 0 unspecified atom stereocenters. The van der Waals surface area contributed by atoms with Crippen molar-refractivity contribution in [2.45, 2.75) is 31.0 Å². The van der Waals surface area contributed by atoms with E-state index in [-0.39, 0.29) is 16.6 Å². The zero-order chi connectivity index (χ0) is 17.5. The van der Waals surface area contributed by atoms with Gasteiger partial charge in [-0.25, -0.2) is 0 Å². The molecule has 0 bridgehead atoms. The van der Waals surface area contributed by atoms with Gasteiger partial charge in [0.25, 0.3) is 5.91 Å². The number of carbonyl (C=O) groups is 1. The number of nitrogens with two attached hydrogens (primary N) is 1. The Bertz CT molecular complexity index is 783. The molecule has 0 spiro atoms. The summed E-state index contributed by atoms with van der Waals surface area (Å²) in [4.78, 5) is 12.7. The van der Waals surface area contributed by atoms with Crippen LogP contribution in [0.15, 0.2) is 30.6 Å². The van der Waals surface area contributed by atoms with Crippen molar-refractivity contribution in [3.63, 3.8) is 0 Å². The Balaban J connectivity index is 1.84. The number of nitrogens with zero attached hydrogens (tertiary/aromatic N) is 2. The highest BCUT2D eigenvalue weighted by Gasteiger charge is 2.47. The third kappa shape index (κ3) is 2.82. The van der Waals surface area contributed by atoms with Gasteiger partial charge in [0.05, 0.1) is 28.2 Å². The van der Waals surface area contributed by atoms with Crippen molar-refractivity contribution in [1.29, 1.82) is 0 Å². The van der Waals surface area contributed by atoms with Crippen molar-refractivity contribution in [1.82, 2.24) is 9.78 Å². The third-order valence-electron chi connectivity index (χ3n) is 4.19. The molecule has 1 amide bonds. The van der Waals surface area contributed by atoms with E-state index < -0.39 is 17.3 Å². The molecule has 128 valence electrons. The van der Waals surface area contributed by atoms with Gasteiger partial charge in [0.15, 0.2) is 0 Å². The van der Waals surface area contributed by atoms with Crippen LogP contribution < -0.4 is 11.1 Å². The summed E-state index contributed by atoms with van der Waals surface area (Å²) in [5.41, 5.74) is 4.45. The number of anilines is 2. The molecule has 1 aromatic heterocycles. The standard InChI is InChI=1S/C15H14ClF3N4O/c16-11-6-9(15(17,18)19)2-3-12(11)22-13(24)14(4-1-5-14)23-8-10(20)7-21-23/h2-3,6-8H,1,4-5,20H2,(H,22,24). The number of nitrogen functional groups attached to an aromatic ring is 1. The van der Waals surface area contributed by atoms with Crippen LogP contribution in [0.25, 0.3) is 0 Å². The zero-order valence-electron chi connectivity index (χ0n) is 12.4. The van der Waals surface area contributed by atoms with Crippen molar-refractivity contribution in [2.24, 2.45) is 0 Å². The number of nitrogens with one attached hydrogen (secondary N) is 1. The smallest absolute Gasteiger partial charge is 0.396 e. The number of halogens is 4. The minimum Gasteiger partial charge on any atom is -0.396 e. The maximum atomic E-state index is 12.7. The Morgan fingerprint density at radius 1 is 1.38 bits per heavy atom. The van der Waals surface area contributed by atoms with Gasteiger partial charge >= 0.3 is 6.18 Å². The highest BCUT2D eigenvalue weighted by Crippen LogP contribution is 2.41. The average molecular weight is 359 g/mol. The number of amides is 1. The fourth-order valence-corrected chi connectivity index (χ4v) is 2.90. The molecule has 1 aromatic carbocycles. The third-order valence-corrected chi connectivity index (χ3v) is 4.50. The van der Waals surface area contributed by atoms with Crippen LogP contribution in [0.1, 0.15) is 24.8 Å². The molecule has 24 heavy (non-hydrogen) atoms. The second-order valence-electron chi connectivity index (χ2n) is 5.75. The van der Waals surface area contributed by atoms with E-state index in [0.29, 0.717) is 18.5 Å². The fraction of sp³-hybridized carbons (Fsp3) is 0.333. The summed E-state index contributed by atoms with van der Waals surface area (Å²) in [6, 6.07) is 2.81. The first-order valence-electron chi connectivity index (χ1n) is 7.21. The Hall–Kier alpha value is -2.22. The van der Waals surface area contributed by atoms with E-state index in [0.717, 1.165) is 24.6 Å². The van der Waals surface area contributed by atoms with Gasteiger partial charge in [-0.05, 0) is 37.5 Å². The summed E-state index contributed by atoms with van der Waals surface area (Å²) in [5, 5.41) is 6.52. The van der Waals surface area contributed by atoms with Crippen LogP contribution in [-0.2, 0) is 16.5 Å². The van der Waals surface area contributed by atoms with Gasteiger partial charge in [-0.3, -0.25) is 9.48 Å². The Morgan fingerprint density at radius 2 is 2.08 bits per heavy atom. The molecule has 5 nitrogen and oxygen atoms in total. The number of carbonyl (C=O) groups excluding carboxylic acids is 1. The molecule has 3 N–H and O–H groups in total. The van der Waals surface area contributed by atoms with E-state index in [9.17, 15) is 18.0 Å². The molecule has 9 heteroatoms. The van der Waals surface area contributed by atoms with E-state index in [1.807, 2.05) is 0 Å². The van der Waals surface area contributed by atoms with Gasteiger partial charge in [-0.1, -0.05) is 11.6 Å². The number of hydrogen-bond acceptors (Lipinski definition) is 3. The van der Waals surface area contributed by atoms with Crippen LogP contribution in [0.5, 0.6) is 0 Å². The molecule has 1 heterocycles. The molecule has 0 atom stereocenters. The Labute approximate surface area is 140 Å². The van der Waals surface area contributed by atoms with E-state index >= 15 is 0 Å². The summed E-state index contributed by atoms with van der Waals surface area (Å²) in [5.74, 6) is -0.376. The molecule has 1 aliphatic rings. The lowest BCUT2D eigenvalue weighted by molar-refractivity contribution is -0.137. The predicted molar refractivity (Wildman–Crippen MR) is 83.5 cm³/mol. The first-order chi connectivity index (χ1) is 11.2. The van der Waals surface area contributed by atoms with E-state index in [1.54, 1.807) is 6.20 Å². The lowest BCUT2D eigenvalue weighted by atomic mass is 9.76. The predicted octanol–water partition coefficient (Wildman–Crippen LogP) is 3.66. The second kappa shape index (κ2) is 5.70. The number of aromatic nitrogens is 2. The van der Waals surface area contributed by atoms with Gasteiger partial charge in [0, 0.05) is 6.20 Å². The van der Waals surface area contributed by atoms with E-state index in [1.165, 1.54) is 10.9 Å². The van der Waals surface area contributed by atoms with Gasteiger partial charge in [0.1, 0.15) is 5.54 Å². The van der Waals surface area contributed by atoms with Crippen LogP contribution in [0.4, 0.5) is 24.5 Å². The monoisotopic (exact) mass is 358 g/mol. The van der Waals surface area contributed by atoms with Gasteiger partial charge in [-0.2, -0.15) is 18.3 Å². The average Bonchev–Trinajstić information content (AvgIpc) is 2.85. The molecular weight excluding hydrogens is 345 g/mol. The van der Waals surface area contributed by atoms with Crippen molar-refractivity contribution >= 4 is 28.9 Å². The van der Waals surface area contributed by atoms with Crippen LogP contribution in [-0.4, -0.2) is 15.7 Å². The molecule has 2 aromatic rings. The highest BCUT2D eigenvalue weighted by molar-refractivity contribution is 6.33. The summed E-state index contributed by atoms with van der Waals surface area (Å²) in [6.45, 7) is 0. The number of benzene rings is 1. The van der Waals surface area contributed by atoms with Crippen LogP contribution in [0, 0.1) is 0 Å². The van der Waals surface area contributed by atoms with Gasteiger partial charge in [-0.15, -0.1) is 0 Å². The minimum atomic E-state index is -4.49. The molecule has 1 saturated carbocycles. The summed E-state index contributed by atoms with van der Waals surface area (Å²) < 4.78 is 39.5. The Morgan fingerprint density at radius 3 is 2.54 bits per heavy atom. The number of hydrogen-bond donors (Lipinski definition) is 2. The van der Waals surface area contributed by atoms with Crippen molar-refractivity contribution in [2.75, 3.05) is 11.1 Å². The molecule has 1 aliphatic carbocycles. The normalized spacial score (nSPS) is 16.5. The largest absolute Gasteiger partial charge is 0.416 e. The first-order valence-corrected chi connectivity index (χ1v) is 7.59. The number of alkyl halides is 3. The van der Waals surface area contributed by atoms with Crippen molar-refractivity contribution < 1.29 is 18.0 Å². The van der Waals surface area contributed by atoms with Gasteiger partial charge in [0.2, 0.25) is 0 Å². The molecule has 0 radical (unpaired) electrons. The van der Waals surface area contributed by atoms with Crippen LogP contribution >= 0.6 is 11.6 Å². The topological polar surface area (TPSA) is 72.9 Å². The maximum Gasteiger partial charge on any atom is 0.416 e. The summed E-state index contributed by atoms with van der Waals surface area (Å²) in [7, 11) is 0. The molecule has 1 fully saturated rings. The first kappa shape index (κ1) is 16.6. The zero-order valence-corrected chi connectivity index (χ0v) is 13.2. The van der Waals surface area contributed by atoms with Crippen LogP contribution in [0.2, 0.25) is 5.02 Å². The lowest BCUT2D eigenvalue weighted by Gasteiger charge is -2.40. The van der Waals surface area contributed by atoms with Crippen molar-refractivity contribution in [3.05, 3.63) is 41.2 Å². The van der Waals surface area contributed by atoms with Crippen molar-refractivity contribution in [3.8, 4) is 0 Å². The summed E-state index contributed by atoms with van der Waals surface area (Å²) >= 11 is 5.88. The van der Waals surface area contributed by atoms with E-state index in [2.05, 4.69) is 10.4 Å². The molecular formula is C15H14ClF3N4O. The minimum absolute atomic E-state index is 0.126. The summed E-state index contributed by atoms with van der Waals surface area (Å²) in [6.07, 6.45) is 0.490. The SMILES string of the molecule is Nc1cnn(C2(C(=O)Nc3ccc(C(F)(F)F)cc3Cl)CCC2)c1. The van der Waals surface area contributed by atoms with Crippen LogP contribution in [0.3, 0.4) is 0 Å². The quantitative estimate of drug-likeness (QED) is 0.879. The lowest BCUT2D eigenvalue weighted by Crippen LogP contribution is -2.51. The number of rotatable bonds is 3. The Kier molecular flexibility index (Phi) is 3.95. The maximum absolute atomic E-state index is 12.7. The molecule has 3 rings (SSSR count). The molecule has 0 aliphatic heterocycles. The van der Waals surface area contributed by atoms with E-state index in [4.69, 9.17) is 17.3 Å². The second-order valence-corrected chi connectivity index (χ2v) is 6.16.